The van der Waals surface area contributed by atoms with Gasteiger partial charge in [0.25, 0.3) is 0 Å². The van der Waals surface area contributed by atoms with E-state index in [0.29, 0.717) is 29.5 Å². The van der Waals surface area contributed by atoms with Gasteiger partial charge in [-0.25, -0.2) is 0 Å². The highest BCUT2D eigenvalue weighted by molar-refractivity contribution is 9.10. The number of nitrogens with zero attached hydrogens (tertiary/aromatic N) is 1. The maximum atomic E-state index is 6.24. The van der Waals surface area contributed by atoms with Gasteiger partial charge in [0, 0.05) is 24.8 Å². The van der Waals surface area contributed by atoms with Gasteiger partial charge in [0.15, 0.2) is 8.38 Å². The quantitative estimate of drug-likeness (QED) is 0.203. The monoisotopic (exact) mass is 531 g/mol. The molecule has 0 saturated carbocycles. The van der Waals surface area contributed by atoms with Crippen molar-refractivity contribution in [3.8, 4) is 0 Å². The molecular formula is C21H21BrCl2NO2PS. The van der Waals surface area contributed by atoms with Gasteiger partial charge in [-0.15, -0.1) is 0 Å². The molecule has 0 N–H and O–H groups in total. The summed E-state index contributed by atoms with van der Waals surface area (Å²) in [5.41, 5.74) is 1.07. The summed E-state index contributed by atoms with van der Waals surface area (Å²) in [7, 11) is -1.08. The first kappa shape index (κ1) is 23.1. The third kappa shape index (κ3) is 6.24. The zero-order valence-electron chi connectivity index (χ0n) is 16.1. The summed E-state index contributed by atoms with van der Waals surface area (Å²) in [4.78, 5) is 0.949. The van der Waals surface area contributed by atoms with Gasteiger partial charge in [-0.3, -0.25) is 0 Å². The Labute approximate surface area is 195 Å². The van der Waals surface area contributed by atoms with Gasteiger partial charge in [0.05, 0.1) is 25.2 Å². The van der Waals surface area contributed by atoms with Crippen LogP contribution in [0.5, 0.6) is 0 Å². The SMILES string of the molecule is CCOP(CN(Sc1cc(Cl)cc(Cl)c1)c1c(Br)ccc2ccccc12)OCC. The van der Waals surface area contributed by atoms with E-state index in [1.807, 2.05) is 38.1 Å². The maximum Gasteiger partial charge on any atom is 0.192 e. The van der Waals surface area contributed by atoms with Gasteiger partial charge >= 0.3 is 0 Å². The minimum Gasteiger partial charge on any atom is -0.333 e. The zero-order valence-corrected chi connectivity index (χ0v) is 20.9. The molecule has 154 valence electrons. The van der Waals surface area contributed by atoms with Crippen LogP contribution in [0.3, 0.4) is 0 Å². The van der Waals surface area contributed by atoms with Gasteiger partial charge < -0.3 is 13.4 Å². The maximum absolute atomic E-state index is 6.24. The van der Waals surface area contributed by atoms with Crippen molar-refractivity contribution >= 4 is 75.9 Å². The molecule has 0 fully saturated rings. The van der Waals surface area contributed by atoms with Crippen LogP contribution in [0.1, 0.15) is 13.8 Å². The molecule has 3 nitrogen and oxygen atoms in total. The lowest BCUT2D eigenvalue weighted by Crippen LogP contribution is -2.17. The molecule has 0 saturated heterocycles. The van der Waals surface area contributed by atoms with Crippen molar-refractivity contribution in [2.75, 3.05) is 23.8 Å². The predicted molar refractivity (Wildman–Crippen MR) is 131 cm³/mol. The highest BCUT2D eigenvalue weighted by atomic mass is 79.9. The number of hydrogen-bond acceptors (Lipinski definition) is 4. The summed E-state index contributed by atoms with van der Waals surface area (Å²) < 4.78 is 15.0. The van der Waals surface area contributed by atoms with E-state index in [9.17, 15) is 0 Å². The van der Waals surface area contributed by atoms with Crippen molar-refractivity contribution < 1.29 is 9.05 Å². The molecule has 0 atom stereocenters. The number of fused-ring (bicyclic) bond motifs is 1. The first-order chi connectivity index (χ1) is 14.0. The molecule has 0 spiro atoms. The Morgan fingerprint density at radius 2 is 1.62 bits per heavy atom. The van der Waals surface area contributed by atoms with Crippen LogP contribution in [0, 0.1) is 0 Å². The summed E-state index contributed by atoms with van der Waals surface area (Å²) in [5.74, 6) is 0. The standard InChI is InChI=1S/C21H21BrCl2NO2PS/c1-3-26-28(27-4-2)14-25(29-18-12-16(23)11-17(24)13-18)21-19-8-6-5-7-15(19)9-10-20(21)22/h5-13H,3-4,14H2,1-2H3. The molecule has 0 radical (unpaired) electrons. The topological polar surface area (TPSA) is 21.7 Å². The lowest BCUT2D eigenvalue weighted by Gasteiger charge is -2.29. The van der Waals surface area contributed by atoms with E-state index in [2.05, 4.69) is 44.5 Å². The summed E-state index contributed by atoms with van der Waals surface area (Å²) in [6.45, 7) is 5.17. The van der Waals surface area contributed by atoms with Crippen molar-refractivity contribution in [1.29, 1.82) is 0 Å². The highest BCUT2D eigenvalue weighted by Crippen LogP contribution is 2.47. The lowest BCUT2D eigenvalue weighted by molar-refractivity contribution is 0.270. The van der Waals surface area contributed by atoms with Crippen molar-refractivity contribution in [2.24, 2.45) is 0 Å². The Bertz CT molecular complexity index is 952. The minimum absolute atomic E-state index is 0.596. The third-order valence-electron chi connectivity index (χ3n) is 3.94. The number of anilines is 1. The zero-order chi connectivity index (χ0) is 20.8. The lowest BCUT2D eigenvalue weighted by atomic mass is 10.1. The largest absolute Gasteiger partial charge is 0.333 e. The molecule has 3 aromatic rings. The van der Waals surface area contributed by atoms with Gasteiger partial charge in [-0.05, 0) is 71.4 Å². The van der Waals surface area contributed by atoms with Crippen LogP contribution in [-0.4, -0.2) is 19.5 Å². The van der Waals surface area contributed by atoms with E-state index in [1.165, 1.54) is 0 Å². The van der Waals surface area contributed by atoms with E-state index in [-0.39, 0.29) is 0 Å². The van der Waals surface area contributed by atoms with E-state index in [0.717, 1.165) is 25.8 Å². The number of halogens is 3. The molecule has 0 amide bonds. The van der Waals surface area contributed by atoms with Gasteiger partial charge in [0.2, 0.25) is 0 Å². The molecule has 8 heteroatoms. The fraction of sp³-hybridized carbons (Fsp3) is 0.238. The molecule has 0 heterocycles. The van der Waals surface area contributed by atoms with Crippen LogP contribution in [-0.2, 0) is 9.05 Å². The number of benzene rings is 3. The van der Waals surface area contributed by atoms with Gasteiger partial charge in [-0.1, -0.05) is 53.5 Å². The first-order valence-electron chi connectivity index (χ1n) is 9.14. The number of rotatable bonds is 9. The molecule has 0 aromatic heterocycles. The molecule has 0 unspecified atom stereocenters. The van der Waals surface area contributed by atoms with E-state index in [1.54, 1.807) is 18.0 Å². The van der Waals surface area contributed by atoms with Crippen molar-refractivity contribution in [3.05, 3.63) is 69.1 Å². The van der Waals surface area contributed by atoms with Crippen molar-refractivity contribution in [2.45, 2.75) is 18.7 Å². The molecule has 0 aliphatic heterocycles. The van der Waals surface area contributed by atoms with E-state index < -0.39 is 8.38 Å². The van der Waals surface area contributed by atoms with Crippen LogP contribution >= 0.6 is 59.5 Å². The second-order valence-electron chi connectivity index (χ2n) is 6.00. The molecule has 0 aliphatic carbocycles. The van der Waals surface area contributed by atoms with Crippen molar-refractivity contribution in [1.82, 2.24) is 0 Å². The fourth-order valence-electron chi connectivity index (χ4n) is 2.85. The van der Waals surface area contributed by atoms with E-state index in [4.69, 9.17) is 32.2 Å². The van der Waals surface area contributed by atoms with Crippen LogP contribution in [0.25, 0.3) is 10.8 Å². The van der Waals surface area contributed by atoms with Gasteiger partial charge in [-0.2, -0.15) is 0 Å². The van der Waals surface area contributed by atoms with Gasteiger partial charge in [0.1, 0.15) is 0 Å². The smallest absolute Gasteiger partial charge is 0.192 e. The number of hydrogen-bond donors (Lipinski definition) is 0. The third-order valence-corrected chi connectivity index (χ3v) is 7.79. The molecule has 3 rings (SSSR count). The van der Waals surface area contributed by atoms with Crippen LogP contribution < -0.4 is 4.31 Å². The second-order valence-corrected chi connectivity index (χ2v) is 10.3. The normalized spacial score (nSPS) is 11.4. The molecule has 0 bridgehead atoms. The average molecular weight is 533 g/mol. The average Bonchev–Trinajstić information content (AvgIpc) is 2.67. The van der Waals surface area contributed by atoms with Crippen molar-refractivity contribution in [3.63, 3.8) is 0 Å². The molecule has 29 heavy (non-hydrogen) atoms. The Balaban J connectivity index is 2.06. The van der Waals surface area contributed by atoms with Crippen LogP contribution in [0.15, 0.2) is 64.0 Å². The summed E-state index contributed by atoms with van der Waals surface area (Å²) in [5, 5.41) is 3.52. The highest BCUT2D eigenvalue weighted by Gasteiger charge is 2.22. The van der Waals surface area contributed by atoms with Crippen LogP contribution in [0.4, 0.5) is 5.69 Å². The molecule has 3 aromatic carbocycles. The molecule has 0 aliphatic rings. The Hall–Kier alpha value is -0.520. The Morgan fingerprint density at radius 1 is 0.966 bits per heavy atom. The Kier molecular flexibility index (Phi) is 8.94. The molecular weight excluding hydrogens is 512 g/mol. The minimum atomic E-state index is -1.08. The summed E-state index contributed by atoms with van der Waals surface area (Å²) >= 11 is 17.8. The predicted octanol–water partition coefficient (Wildman–Crippen LogP) is 8.77. The first-order valence-corrected chi connectivity index (χ1v) is 12.8. The van der Waals surface area contributed by atoms with Crippen LogP contribution in [0.2, 0.25) is 10.0 Å². The fourth-order valence-corrected chi connectivity index (χ4v) is 6.76. The Morgan fingerprint density at radius 3 is 2.28 bits per heavy atom. The summed E-state index contributed by atoms with van der Waals surface area (Å²) in [6.07, 6.45) is 0.596. The summed E-state index contributed by atoms with van der Waals surface area (Å²) in [6, 6.07) is 18.1. The van der Waals surface area contributed by atoms with E-state index >= 15 is 0 Å². The second kappa shape index (κ2) is 11.2.